The lowest BCUT2D eigenvalue weighted by molar-refractivity contribution is 0.0690. The van der Waals surface area contributed by atoms with Crippen molar-refractivity contribution in [3.05, 3.63) is 52.3 Å². The summed E-state index contributed by atoms with van der Waals surface area (Å²) in [5, 5.41) is 11.2. The number of nitrogens with one attached hydrogen (secondary N) is 2. The summed E-state index contributed by atoms with van der Waals surface area (Å²) < 4.78 is 26.6. The van der Waals surface area contributed by atoms with Gasteiger partial charge in [-0.2, -0.15) is 0 Å². The first-order chi connectivity index (χ1) is 9.82. The van der Waals surface area contributed by atoms with E-state index in [0.29, 0.717) is 5.69 Å². The third-order valence-electron chi connectivity index (χ3n) is 3.08. The molecular formula is C14H12F2N2O3. The molecule has 0 fully saturated rings. The molecule has 3 N–H and O–H groups in total. The van der Waals surface area contributed by atoms with Crippen molar-refractivity contribution >= 4 is 17.6 Å². The Morgan fingerprint density at radius 3 is 2.48 bits per heavy atom. The van der Waals surface area contributed by atoms with E-state index in [1.165, 1.54) is 26.0 Å². The molecule has 0 unspecified atom stereocenters. The van der Waals surface area contributed by atoms with Crippen molar-refractivity contribution in [2.75, 3.05) is 5.32 Å². The number of aromatic carboxylic acids is 1. The molecule has 1 aromatic heterocycles. The summed E-state index contributed by atoms with van der Waals surface area (Å²) in [6, 6.07) is 3.40. The molecule has 0 radical (unpaired) electrons. The Kier molecular flexibility index (Phi) is 3.75. The average Bonchev–Trinajstić information content (AvgIpc) is 2.70. The van der Waals surface area contributed by atoms with Gasteiger partial charge >= 0.3 is 5.97 Å². The molecule has 21 heavy (non-hydrogen) atoms. The Balaban J connectivity index is 2.38. The third kappa shape index (κ3) is 2.62. The highest BCUT2D eigenvalue weighted by Gasteiger charge is 2.22. The minimum absolute atomic E-state index is 0.0936. The number of amides is 1. The average molecular weight is 294 g/mol. The van der Waals surface area contributed by atoms with Crippen molar-refractivity contribution in [2.45, 2.75) is 13.8 Å². The topological polar surface area (TPSA) is 82.2 Å². The summed E-state index contributed by atoms with van der Waals surface area (Å²) >= 11 is 0. The van der Waals surface area contributed by atoms with Gasteiger partial charge in [-0.3, -0.25) is 4.79 Å². The standard InChI is InChI=1S/C14H12F2N2O3/c1-6-10(7(2)17-12(6)14(20)21)13(19)18-9-5-3-4-8(15)11(9)16/h3-5,17H,1-2H3,(H,18,19)(H,20,21). The van der Waals surface area contributed by atoms with Crippen LogP contribution in [0.3, 0.4) is 0 Å². The first-order valence-electron chi connectivity index (χ1n) is 6.00. The number of rotatable bonds is 3. The van der Waals surface area contributed by atoms with Gasteiger partial charge in [-0.05, 0) is 31.5 Å². The lowest BCUT2D eigenvalue weighted by Crippen LogP contribution is -2.15. The maximum atomic E-state index is 13.5. The normalized spacial score (nSPS) is 10.5. The lowest BCUT2D eigenvalue weighted by Gasteiger charge is -2.07. The highest BCUT2D eigenvalue weighted by molar-refractivity contribution is 6.08. The van der Waals surface area contributed by atoms with Crippen molar-refractivity contribution in [3.63, 3.8) is 0 Å². The number of carboxylic acids is 1. The Labute approximate surface area is 118 Å². The van der Waals surface area contributed by atoms with Gasteiger partial charge in [0.1, 0.15) is 5.69 Å². The smallest absolute Gasteiger partial charge is 0.352 e. The summed E-state index contributed by atoms with van der Waals surface area (Å²) in [4.78, 5) is 25.7. The Hall–Kier alpha value is -2.70. The van der Waals surface area contributed by atoms with Crippen LogP contribution in [-0.4, -0.2) is 22.0 Å². The van der Waals surface area contributed by atoms with E-state index in [1.807, 2.05) is 0 Å². The molecular weight excluding hydrogens is 282 g/mol. The minimum Gasteiger partial charge on any atom is -0.477 e. The Morgan fingerprint density at radius 2 is 1.90 bits per heavy atom. The molecule has 2 aromatic rings. The summed E-state index contributed by atoms with van der Waals surface area (Å²) in [6.45, 7) is 2.99. The maximum Gasteiger partial charge on any atom is 0.352 e. The molecule has 2 rings (SSSR count). The van der Waals surface area contributed by atoms with Crippen LogP contribution in [0.4, 0.5) is 14.5 Å². The number of hydrogen-bond donors (Lipinski definition) is 3. The van der Waals surface area contributed by atoms with Crippen molar-refractivity contribution in [1.29, 1.82) is 0 Å². The summed E-state index contributed by atoms with van der Waals surface area (Å²) in [6.07, 6.45) is 0. The summed E-state index contributed by atoms with van der Waals surface area (Å²) in [5.74, 6) is -4.17. The van der Waals surface area contributed by atoms with Gasteiger partial charge < -0.3 is 15.4 Å². The van der Waals surface area contributed by atoms with E-state index in [4.69, 9.17) is 5.11 Å². The molecule has 0 aliphatic carbocycles. The van der Waals surface area contributed by atoms with Gasteiger partial charge in [0.25, 0.3) is 5.91 Å². The molecule has 0 spiro atoms. The van der Waals surface area contributed by atoms with E-state index in [0.717, 1.165) is 6.07 Å². The van der Waals surface area contributed by atoms with Gasteiger partial charge in [0.05, 0.1) is 11.3 Å². The monoisotopic (exact) mass is 294 g/mol. The van der Waals surface area contributed by atoms with Crippen molar-refractivity contribution in [1.82, 2.24) is 4.98 Å². The number of carbonyl (C=O) groups excluding carboxylic acids is 1. The molecule has 0 saturated carbocycles. The van der Waals surface area contributed by atoms with Gasteiger partial charge in [0.2, 0.25) is 0 Å². The zero-order chi connectivity index (χ0) is 15.7. The number of aryl methyl sites for hydroxylation is 1. The number of anilines is 1. The molecule has 5 nitrogen and oxygen atoms in total. The summed E-state index contributed by atoms with van der Waals surface area (Å²) in [7, 11) is 0. The number of carbonyl (C=O) groups is 2. The second-order valence-electron chi connectivity index (χ2n) is 4.49. The largest absolute Gasteiger partial charge is 0.477 e. The lowest BCUT2D eigenvalue weighted by atomic mass is 10.1. The number of halogens is 2. The molecule has 1 aromatic carbocycles. The minimum atomic E-state index is -1.20. The number of hydrogen-bond acceptors (Lipinski definition) is 2. The van der Waals surface area contributed by atoms with Crippen LogP contribution in [0.2, 0.25) is 0 Å². The molecule has 1 amide bonds. The van der Waals surface area contributed by atoms with E-state index in [2.05, 4.69) is 10.3 Å². The highest BCUT2D eigenvalue weighted by Crippen LogP contribution is 2.22. The van der Waals surface area contributed by atoms with E-state index >= 15 is 0 Å². The van der Waals surface area contributed by atoms with Gasteiger partial charge in [-0.15, -0.1) is 0 Å². The quantitative estimate of drug-likeness (QED) is 0.814. The molecule has 0 aliphatic rings. The first-order valence-corrected chi connectivity index (χ1v) is 6.00. The van der Waals surface area contributed by atoms with Crippen molar-refractivity contribution in [3.8, 4) is 0 Å². The van der Waals surface area contributed by atoms with Crippen LogP contribution in [0.5, 0.6) is 0 Å². The predicted molar refractivity (Wildman–Crippen MR) is 71.5 cm³/mol. The van der Waals surface area contributed by atoms with Gasteiger partial charge in [-0.25, -0.2) is 13.6 Å². The molecule has 110 valence electrons. The highest BCUT2D eigenvalue weighted by atomic mass is 19.2. The third-order valence-corrected chi connectivity index (χ3v) is 3.08. The number of aromatic amines is 1. The van der Waals surface area contributed by atoms with Crippen LogP contribution in [0, 0.1) is 25.5 Å². The zero-order valence-electron chi connectivity index (χ0n) is 11.3. The number of carboxylic acid groups (broad SMARTS) is 1. The van der Waals surface area contributed by atoms with Crippen molar-refractivity contribution in [2.24, 2.45) is 0 Å². The Morgan fingerprint density at radius 1 is 1.24 bits per heavy atom. The van der Waals surface area contributed by atoms with Gasteiger partial charge in [-0.1, -0.05) is 6.07 Å². The fourth-order valence-corrected chi connectivity index (χ4v) is 2.09. The Bertz CT molecular complexity index is 738. The molecule has 0 atom stereocenters. The fraction of sp³-hybridized carbons (Fsp3) is 0.143. The van der Waals surface area contributed by atoms with Gasteiger partial charge in [0, 0.05) is 5.69 Å². The van der Waals surface area contributed by atoms with Crippen LogP contribution >= 0.6 is 0 Å². The van der Waals surface area contributed by atoms with Crippen LogP contribution in [0.1, 0.15) is 32.1 Å². The second-order valence-corrected chi connectivity index (χ2v) is 4.49. The van der Waals surface area contributed by atoms with E-state index in [9.17, 15) is 18.4 Å². The maximum absolute atomic E-state index is 13.5. The second kappa shape index (κ2) is 5.35. The van der Waals surface area contributed by atoms with Crippen LogP contribution in [-0.2, 0) is 0 Å². The predicted octanol–water partition coefficient (Wildman–Crippen LogP) is 2.86. The van der Waals surface area contributed by atoms with Gasteiger partial charge in [0.15, 0.2) is 11.6 Å². The van der Waals surface area contributed by atoms with Crippen LogP contribution in [0.15, 0.2) is 18.2 Å². The first kappa shape index (κ1) is 14.7. The number of aromatic nitrogens is 1. The van der Waals surface area contributed by atoms with E-state index in [1.54, 1.807) is 0 Å². The molecule has 0 aliphatic heterocycles. The molecule has 7 heteroatoms. The van der Waals surface area contributed by atoms with E-state index in [-0.39, 0.29) is 22.5 Å². The van der Waals surface area contributed by atoms with Crippen LogP contribution in [0.25, 0.3) is 0 Å². The number of benzene rings is 1. The zero-order valence-corrected chi connectivity index (χ0v) is 11.3. The number of H-pyrrole nitrogens is 1. The summed E-state index contributed by atoms with van der Waals surface area (Å²) in [5.41, 5.74) is 0.235. The van der Waals surface area contributed by atoms with E-state index < -0.39 is 23.5 Å². The fourth-order valence-electron chi connectivity index (χ4n) is 2.09. The molecule has 0 saturated heterocycles. The van der Waals surface area contributed by atoms with Crippen molar-refractivity contribution < 1.29 is 23.5 Å². The van der Waals surface area contributed by atoms with Crippen LogP contribution < -0.4 is 5.32 Å². The molecule has 1 heterocycles. The SMILES string of the molecule is Cc1[nH]c(C(=O)O)c(C)c1C(=O)Nc1cccc(F)c1F. The molecule has 0 bridgehead atoms.